The summed E-state index contributed by atoms with van der Waals surface area (Å²) in [6.45, 7) is 4.67. The number of amides is 1. The van der Waals surface area contributed by atoms with Gasteiger partial charge >= 0.3 is 0 Å². The van der Waals surface area contributed by atoms with E-state index in [1.54, 1.807) is 6.08 Å². The van der Waals surface area contributed by atoms with Crippen LogP contribution in [-0.4, -0.2) is 68.5 Å². The first-order valence-electron chi connectivity index (χ1n) is 36.9. The lowest BCUT2D eigenvalue weighted by Crippen LogP contribution is -2.45. The molecular weight excluding hydrogens is 1040 g/mol. The Morgan fingerprint density at radius 3 is 0.976 bits per heavy atom. The van der Waals surface area contributed by atoms with Gasteiger partial charge in [-0.1, -0.05) is 365 Å². The second kappa shape index (κ2) is 65.2. The number of hydrogen-bond donors (Lipinski definition) is 2. The molecule has 492 valence electrons. The first-order chi connectivity index (χ1) is 40.5. The molecule has 0 heterocycles. The largest absolute Gasteiger partial charge is 0.756 e. The Bertz CT molecular complexity index is 1450. The van der Waals surface area contributed by atoms with Gasteiger partial charge in [-0.25, -0.2) is 0 Å². The summed E-state index contributed by atoms with van der Waals surface area (Å²) in [6, 6.07) is -0.909. The van der Waals surface area contributed by atoms with Crippen LogP contribution in [0.5, 0.6) is 0 Å². The molecule has 0 radical (unpaired) electrons. The van der Waals surface area contributed by atoms with Crippen LogP contribution in [0.15, 0.2) is 36.5 Å². The van der Waals surface area contributed by atoms with Gasteiger partial charge in [0, 0.05) is 6.42 Å². The summed E-state index contributed by atoms with van der Waals surface area (Å²) >= 11 is 0. The summed E-state index contributed by atoms with van der Waals surface area (Å²) in [5.41, 5.74) is 0. The molecule has 0 rings (SSSR count). The molecule has 8 nitrogen and oxygen atoms in total. The molecule has 0 aromatic rings. The number of aliphatic hydroxyl groups excluding tert-OH is 1. The second-order valence-corrected chi connectivity index (χ2v) is 28.1. The van der Waals surface area contributed by atoms with Gasteiger partial charge in [0.2, 0.25) is 5.91 Å². The van der Waals surface area contributed by atoms with E-state index in [2.05, 4.69) is 43.5 Å². The second-order valence-electron chi connectivity index (χ2n) is 26.6. The summed E-state index contributed by atoms with van der Waals surface area (Å²) in [4.78, 5) is 25.6. The van der Waals surface area contributed by atoms with Gasteiger partial charge in [0.05, 0.1) is 39.9 Å². The smallest absolute Gasteiger partial charge is 0.268 e. The summed E-state index contributed by atoms with van der Waals surface area (Å²) in [6.07, 6.45) is 87.4. The van der Waals surface area contributed by atoms with Gasteiger partial charge < -0.3 is 28.8 Å². The van der Waals surface area contributed by atoms with Gasteiger partial charge in [0.15, 0.2) is 0 Å². The molecule has 0 spiro atoms. The maximum Gasteiger partial charge on any atom is 0.268 e. The van der Waals surface area contributed by atoms with E-state index in [1.165, 1.54) is 315 Å². The van der Waals surface area contributed by atoms with E-state index in [4.69, 9.17) is 9.05 Å². The molecule has 0 aliphatic rings. The number of quaternary nitrogens is 1. The topological polar surface area (TPSA) is 108 Å². The number of phosphoric ester groups is 1. The highest BCUT2D eigenvalue weighted by Gasteiger charge is 2.23. The molecule has 0 saturated heterocycles. The lowest BCUT2D eigenvalue weighted by Gasteiger charge is -2.29. The zero-order valence-electron chi connectivity index (χ0n) is 56.4. The first kappa shape index (κ1) is 81.7. The van der Waals surface area contributed by atoms with Crippen molar-refractivity contribution in [2.45, 2.75) is 392 Å². The van der Waals surface area contributed by atoms with Crippen molar-refractivity contribution in [1.29, 1.82) is 0 Å². The van der Waals surface area contributed by atoms with Crippen LogP contribution in [0.3, 0.4) is 0 Å². The van der Waals surface area contributed by atoms with Gasteiger partial charge in [-0.05, 0) is 44.9 Å². The van der Waals surface area contributed by atoms with Gasteiger partial charge in [-0.2, -0.15) is 0 Å². The highest BCUT2D eigenvalue weighted by molar-refractivity contribution is 7.45. The third-order valence-electron chi connectivity index (χ3n) is 17.1. The number of carbonyl (C=O) groups excluding carboxylic acids is 1. The van der Waals surface area contributed by atoms with Crippen molar-refractivity contribution < 1.29 is 32.9 Å². The standard InChI is InChI=1S/C74H145N2O6P/c1-6-8-10-12-14-16-18-20-22-24-26-28-29-30-31-32-33-34-35-36-37-38-39-40-41-42-43-44-45-46-47-48-50-52-54-56-58-60-62-64-66-68-74(78)75-72(71-82-83(79,80)81-70-69-76(3,4)5)73(77)67-65-63-61-59-57-55-53-51-49-27-25-23-21-19-17-15-13-11-9-7-2/h49,51,57,59,65,67,72-73,77H,6-48,50,52-56,58,60-64,66,68-71H2,1-5H3,(H-,75,78,79,80)/b51-49+,59-57+,67-65+. The third kappa shape index (κ3) is 68.1. The number of rotatable bonds is 69. The number of unbranched alkanes of at least 4 members (excludes halogenated alkanes) is 52. The minimum Gasteiger partial charge on any atom is -0.756 e. The van der Waals surface area contributed by atoms with Crippen LogP contribution in [-0.2, 0) is 18.4 Å². The Morgan fingerprint density at radius 1 is 0.410 bits per heavy atom. The minimum absolute atomic E-state index is 0.00717. The summed E-state index contributed by atoms with van der Waals surface area (Å²) < 4.78 is 23.4. The molecule has 83 heavy (non-hydrogen) atoms. The number of hydrogen-bond acceptors (Lipinski definition) is 6. The Kier molecular flexibility index (Phi) is 64.2. The number of nitrogens with one attached hydrogen (secondary N) is 1. The van der Waals surface area contributed by atoms with Crippen LogP contribution in [0.2, 0.25) is 0 Å². The van der Waals surface area contributed by atoms with Crippen molar-refractivity contribution in [2.24, 2.45) is 0 Å². The zero-order valence-corrected chi connectivity index (χ0v) is 57.3. The van der Waals surface area contributed by atoms with Crippen LogP contribution in [0.25, 0.3) is 0 Å². The van der Waals surface area contributed by atoms with Crippen molar-refractivity contribution in [2.75, 3.05) is 40.9 Å². The van der Waals surface area contributed by atoms with E-state index in [0.717, 1.165) is 44.9 Å². The molecule has 0 saturated carbocycles. The van der Waals surface area contributed by atoms with Crippen LogP contribution in [0.1, 0.15) is 380 Å². The monoisotopic (exact) mass is 1190 g/mol. The number of aliphatic hydroxyl groups is 1. The highest BCUT2D eigenvalue weighted by Crippen LogP contribution is 2.38. The molecule has 9 heteroatoms. The van der Waals surface area contributed by atoms with Crippen LogP contribution in [0.4, 0.5) is 0 Å². The quantitative estimate of drug-likeness (QED) is 0.0272. The van der Waals surface area contributed by atoms with Gasteiger partial charge in [0.25, 0.3) is 7.82 Å². The predicted octanol–water partition coefficient (Wildman–Crippen LogP) is 23.0. The summed E-state index contributed by atoms with van der Waals surface area (Å²) in [5.74, 6) is -0.204. The third-order valence-corrected chi connectivity index (χ3v) is 18.0. The van der Waals surface area contributed by atoms with E-state index >= 15 is 0 Å². The minimum atomic E-state index is -4.61. The normalized spacial score (nSPS) is 13.8. The Labute approximate surface area is 518 Å². The van der Waals surface area contributed by atoms with E-state index in [1.807, 2.05) is 27.2 Å². The molecule has 2 N–H and O–H groups in total. The van der Waals surface area contributed by atoms with E-state index in [0.29, 0.717) is 17.4 Å². The number of phosphoric acid groups is 1. The molecule has 0 aliphatic carbocycles. The predicted molar refractivity (Wildman–Crippen MR) is 362 cm³/mol. The molecule has 3 unspecified atom stereocenters. The van der Waals surface area contributed by atoms with Crippen molar-refractivity contribution in [3.05, 3.63) is 36.5 Å². The number of likely N-dealkylation sites (N-methyl/N-ethyl adjacent to an activating group) is 1. The molecule has 0 fully saturated rings. The van der Waals surface area contributed by atoms with Crippen molar-refractivity contribution in [3.63, 3.8) is 0 Å². The summed E-state index contributed by atoms with van der Waals surface area (Å²) in [7, 11) is 1.25. The zero-order chi connectivity index (χ0) is 60.5. The van der Waals surface area contributed by atoms with Crippen molar-refractivity contribution in [3.8, 4) is 0 Å². The van der Waals surface area contributed by atoms with Gasteiger partial charge in [0.1, 0.15) is 13.2 Å². The van der Waals surface area contributed by atoms with E-state index < -0.39 is 26.6 Å². The highest BCUT2D eigenvalue weighted by atomic mass is 31.2. The van der Waals surface area contributed by atoms with Crippen LogP contribution in [0, 0.1) is 0 Å². The molecule has 0 aromatic carbocycles. The first-order valence-corrected chi connectivity index (χ1v) is 38.3. The average molecular weight is 1190 g/mol. The molecule has 0 aromatic heterocycles. The average Bonchev–Trinajstić information content (AvgIpc) is 3.50. The number of nitrogens with zero attached hydrogens (tertiary/aromatic N) is 1. The lowest BCUT2D eigenvalue weighted by atomic mass is 10.0. The molecule has 1 amide bonds. The maximum atomic E-state index is 13.0. The number of carbonyl (C=O) groups is 1. The maximum absolute atomic E-state index is 13.0. The molecule has 0 bridgehead atoms. The molecule has 0 aliphatic heterocycles. The van der Waals surface area contributed by atoms with Crippen molar-refractivity contribution >= 4 is 13.7 Å². The lowest BCUT2D eigenvalue weighted by molar-refractivity contribution is -0.870. The summed E-state index contributed by atoms with van der Waals surface area (Å²) in [5, 5.41) is 13.9. The fourth-order valence-electron chi connectivity index (χ4n) is 11.4. The van der Waals surface area contributed by atoms with Crippen molar-refractivity contribution in [1.82, 2.24) is 5.32 Å². The Morgan fingerprint density at radius 2 is 0.675 bits per heavy atom. The SMILES string of the molecule is CCCCCCCCCCCC/C=C/CC/C=C/CC/C=C/C(O)C(COP(=O)([O-])OCC[N+](C)(C)C)NC(=O)CCCCCCCCCCCCCCCCCCCCCCCCCCCCCCCCCCCCCCCCCCC. The fourth-order valence-corrected chi connectivity index (χ4v) is 12.1. The van der Waals surface area contributed by atoms with Crippen LogP contribution >= 0.6 is 7.82 Å². The Hall–Kier alpha value is -1.28. The van der Waals surface area contributed by atoms with Crippen LogP contribution < -0.4 is 10.2 Å². The fraction of sp³-hybridized carbons (Fsp3) is 0.905. The van der Waals surface area contributed by atoms with Gasteiger partial charge in [-0.15, -0.1) is 0 Å². The van der Waals surface area contributed by atoms with E-state index in [9.17, 15) is 19.4 Å². The van der Waals surface area contributed by atoms with E-state index in [-0.39, 0.29) is 12.5 Å². The molecular formula is C74H145N2O6P. The Balaban J connectivity index is 3.90. The number of allylic oxidation sites excluding steroid dienone is 5. The van der Waals surface area contributed by atoms with Gasteiger partial charge in [-0.3, -0.25) is 9.36 Å². The molecule has 3 atom stereocenters.